The number of aromatic nitrogens is 2. The normalized spacial score (nSPS) is 20.4. The van der Waals surface area contributed by atoms with Crippen molar-refractivity contribution in [3.05, 3.63) is 43.0 Å². The summed E-state index contributed by atoms with van der Waals surface area (Å²) in [5.41, 5.74) is 6.60. The Morgan fingerprint density at radius 1 is 1.11 bits per heavy atom. The molecule has 1 fully saturated rings. The van der Waals surface area contributed by atoms with Crippen LogP contribution in [0.4, 0.5) is 0 Å². The Morgan fingerprint density at radius 3 is 2.13 bits per heavy atom. The molecule has 1 aromatic heterocycles. The average molecular weight is 715 g/mol. The first-order chi connectivity index (χ1) is 20.7. The lowest BCUT2D eigenvalue weighted by atomic mass is 9.99. The van der Waals surface area contributed by atoms with Gasteiger partial charge < -0.3 is 9.63 Å². The Labute approximate surface area is 268 Å². The lowest BCUT2D eigenvalue weighted by molar-refractivity contribution is -0.118. The summed E-state index contributed by atoms with van der Waals surface area (Å²) in [5.74, 6) is 0.126. The summed E-state index contributed by atoms with van der Waals surface area (Å²) >= 11 is 1.86. The van der Waals surface area contributed by atoms with Gasteiger partial charge in [0.2, 0.25) is 0 Å². The molecule has 4 atom stereocenters. The highest BCUT2D eigenvalue weighted by molar-refractivity contribution is 8.14. The molecule has 1 unspecified atom stereocenters. The zero-order valence-electron chi connectivity index (χ0n) is 26.1. The highest BCUT2D eigenvalue weighted by Crippen LogP contribution is 2.55. The van der Waals surface area contributed by atoms with Crippen LogP contribution in [0.25, 0.3) is 10.4 Å². The molecule has 2 rings (SSSR count). The van der Waals surface area contributed by atoms with E-state index in [0.717, 1.165) is 28.1 Å². The third-order valence-corrected chi connectivity index (χ3v) is 11.9. The van der Waals surface area contributed by atoms with Gasteiger partial charge >= 0.3 is 21.2 Å². The number of nitrogens with zero attached hydrogens (tertiary/aromatic N) is 4. The molecule has 3 N–H and O–H groups in total. The van der Waals surface area contributed by atoms with E-state index in [9.17, 15) is 33.2 Å². The zero-order valence-corrected chi connectivity index (χ0v) is 29.5. The third-order valence-electron chi connectivity index (χ3n) is 5.90. The van der Waals surface area contributed by atoms with Gasteiger partial charge in [-0.1, -0.05) is 70.2 Å². The van der Waals surface area contributed by atoms with Crippen molar-refractivity contribution in [1.29, 1.82) is 0 Å². The second-order valence-electron chi connectivity index (χ2n) is 12.0. The fourth-order valence-electron chi connectivity index (χ4n) is 3.49. The molecule has 0 aliphatic carbocycles. The van der Waals surface area contributed by atoms with Crippen molar-refractivity contribution in [2.45, 2.75) is 73.3 Å². The predicted octanol–water partition coefficient (Wildman–Crippen LogP) is 4.27. The second kappa shape index (κ2) is 16.4. The van der Waals surface area contributed by atoms with Gasteiger partial charge in [0.25, 0.3) is 5.56 Å². The molecule has 0 saturated carbocycles. The van der Waals surface area contributed by atoms with Crippen LogP contribution in [0.2, 0.25) is 0 Å². The van der Waals surface area contributed by atoms with E-state index in [0.29, 0.717) is 0 Å². The fourth-order valence-corrected chi connectivity index (χ4v) is 8.33. The molecule has 0 aromatic carbocycles. The van der Waals surface area contributed by atoms with Gasteiger partial charge in [-0.25, -0.2) is 13.9 Å². The van der Waals surface area contributed by atoms with Crippen LogP contribution in [-0.2, 0) is 37.0 Å². The van der Waals surface area contributed by atoms with Crippen molar-refractivity contribution in [3.63, 3.8) is 0 Å². The van der Waals surface area contributed by atoms with Crippen molar-refractivity contribution < 1.29 is 41.9 Å². The van der Waals surface area contributed by atoms with Crippen LogP contribution in [0.1, 0.15) is 59.8 Å². The van der Waals surface area contributed by atoms with Gasteiger partial charge in [-0.3, -0.25) is 37.5 Å². The molecular weight excluding hydrogens is 674 g/mol. The highest BCUT2D eigenvalue weighted by atomic mass is 32.2. The van der Waals surface area contributed by atoms with E-state index in [-0.39, 0.29) is 46.9 Å². The van der Waals surface area contributed by atoms with Crippen LogP contribution in [0.3, 0.4) is 0 Å². The predicted molar refractivity (Wildman–Crippen MR) is 170 cm³/mol. The Hall–Kier alpha value is -1.75. The van der Waals surface area contributed by atoms with Gasteiger partial charge in [0.05, 0.1) is 32.0 Å². The minimum Gasteiger partial charge on any atom is -0.352 e. The number of nitrogens with one attached hydrogen (secondary N) is 2. The third kappa shape index (κ3) is 12.8. The molecule has 0 radical (unpaired) electrons. The molecule has 21 heteroatoms. The van der Waals surface area contributed by atoms with Crippen LogP contribution in [0.5, 0.6) is 0 Å². The lowest BCUT2D eigenvalue weighted by Crippen LogP contribution is -2.33. The lowest BCUT2D eigenvalue weighted by Gasteiger charge is -2.24. The van der Waals surface area contributed by atoms with E-state index in [1.165, 1.54) is 13.1 Å². The van der Waals surface area contributed by atoms with Gasteiger partial charge in [0.15, 0.2) is 10.2 Å². The number of ether oxygens (including phenoxy) is 1. The molecule has 0 amide bonds. The molecule has 1 aliphatic rings. The maximum atomic E-state index is 13.5. The number of aryl methyl sites for hydroxylation is 1. The summed E-state index contributed by atoms with van der Waals surface area (Å²) in [6.45, 7) is 10.6. The molecule has 17 nitrogen and oxygen atoms in total. The zero-order chi connectivity index (χ0) is 34.2. The fraction of sp³-hybridized carbons (Fsp3) is 0.750. The van der Waals surface area contributed by atoms with Crippen molar-refractivity contribution in [3.8, 4) is 0 Å². The second-order valence-corrected chi connectivity index (χ2v) is 17.7. The van der Waals surface area contributed by atoms with Crippen LogP contribution in [0, 0.1) is 17.8 Å². The molecule has 1 aromatic rings. The molecule has 0 bridgehead atoms. The standard InChI is InChI=1S/C24H40N6O11P2S2/c1-15-13-30(22(34)26-19(15)31)18-12-16(27-28-25)17(41-18)14-40-42(35,36)29-43(37,38-8-10-44-20(32)23(2,3)4)39-9-11-45-21(33)24(5,6)7/h13,16-18H,8-12,14H2,1-7H3,(H,26,31,34)(H2,29,35,36,37)/t16-,17+,18+/m0/s1. The van der Waals surface area contributed by atoms with Crippen molar-refractivity contribution in [2.75, 3.05) is 31.3 Å². The van der Waals surface area contributed by atoms with Gasteiger partial charge in [0.1, 0.15) is 6.23 Å². The minimum absolute atomic E-state index is 0.0206. The minimum atomic E-state index is -4.96. The number of H-pyrrole nitrogens is 1. The molecule has 45 heavy (non-hydrogen) atoms. The maximum absolute atomic E-state index is 13.5. The largest absolute Gasteiger partial charge is 0.414 e. The van der Waals surface area contributed by atoms with E-state index < -0.39 is 62.6 Å². The first-order valence-electron chi connectivity index (χ1n) is 13.7. The van der Waals surface area contributed by atoms with Gasteiger partial charge in [0, 0.05) is 45.4 Å². The number of aromatic amines is 1. The highest BCUT2D eigenvalue weighted by Gasteiger charge is 2.41. The number of carbonyl (C=O) groups excluding carboxylic acids is 2. The number of thioether (sulfide) groups is 2. The molecule has 0 spiro atoms. The Balaban J connectivity index is 2.11. The number of hydrogen-bond acceptors (Lipinski definition) is 13. The smallest absolute Gasteiger partial charge is 0.352 e. The molecule has 2 heterocycles. The van der Waals surface area contributed by atoms with E-state index >= 15 is 0 Å². The quantitative estimate of drug-likeness (QED) is 0.0756. The summed E-state index contributed by atoms with van der Waals surface area (Å²) in [7, 11) is -9.50. The van der Waals surface area contributed by atoms with Gasteiger partial charge in [-0.2, -0.15) is 0 Å². The van der Waals surface area contributed by atoms with Crippen LogP contribution < -0.4 is 16.1 Å². The average Bonchev–Trinajstić information content (AvgIpc) is 3.31. The molecule has 1 saturated heterocycles. The van der Waals surface area contributed by atoms with E-state index in [4.69, 9.17) is 23.8 Å². The number of carbonyl (C=O) groups is 2. The summed E-state index contributed by atoms with van der Waals surface area (Å²) < 4.78 is 49.1. The Bertz CT molecular complexity index is 1450. The summed E-state index contributed by atoms with van der Waals surface area (Å²) in [6, 6.07) is -0.937. The number of rotatable bonds is 15. The van der Waals surface area contributed by atoms with E-state index in [1.54, 1.807) is 41.5 Å². The van der Waals surface area contributed by atoms with Crippen LogP contribution >= 0.6 is 39.0 Å². The summed E-state index contributed by atoms with van der Waals surface area (Å²) in [4.78, 5) is 65.8. The maximum Gasteiger partial charge on any atom is 0.414 e. The van der Waals surface area contributed by atoms with Gasteiger partial charge in [-0.15, -0.1) is 4.86 Å². The summed E-state index contributed by atoms with van der Waals surface area (Å²) in [5, 5.41) is 3.33. The topological polar surface area (TPSA) is 241 Å². The van der Waals surface area contributed by atoms with Crippen molar-refractivity contribution >= 4 is 49.2 Å². The van der Waals surface area contributed by atoms with Crippen LogP contribution in [0.15, 0.2) is 20.9 Å². The SMILES string of the molecule is Cc1cn([C@H]2C[C@H](N=[N+]=[N-])[C@@H](COP(=O)(O)NP(=O)(OCCSC(=O)C(C)(C)C)OCCSC(=O)C(C)(C)C)O2)c(=O)[nH]c1=O. The number of azide groups is 1. The molecule has 1 aliphatic heterocycles. The molecule has 254 valence electrons. The van der Waals surface area contributed by atoms with Gasteiger partial charge in [-0.05, 0) is 12.5 Å². The summed E-state index contributed by atoms with van der Waals surface area (Å²) in [6.07, 6.45) is -0.865. The van der Waals surface area contributed by atoms with E-state index in [1.807, 2.05) is 4.86 Å². The Kier molecular flexibility index (Phi) is 14.4. The van der Waals surface area contributed by atoms with Crippen LogP contribution in [-0.4, -0.2) is 68.1 Å². The molecular formula is C24H40N6O11P2S2. The monoisotopic (exact) mass is 714 g/mol. The van der Waals surface area contributed by atoms with Crippen molar-refractivity contribution in [1.82, 2.24) is 14.4 Å². The first kappa shape index (κ1) is 39.4. The van der Waals surface area contributed by atoms with E-state index in [2.05, 4.69) is 15.0 Å². The van der Waals surface area contributed by atoms with Crippen molar-refractivity contribution in [2.24, 2.45) is 15.9 Å². The Morgan fingerprint density at radius 2 is 1.64 bits per heavy atom. The number of hydrogen-bond donors (Lipinski definition) is 3. The first-order valence-corrected chi connectivity index (χ1v) is 18.8.